The summed E-state index contributed by atoms with van der Waals surface area (Å²) < 4.78 is 35.6. The van der Waals surface area contributed by atoms with Gasteiger partial charge >= 0.3 is 19.3 Å². The number of nitrogens with zero attached hydrogens (tertiary/aromatic N) is 1. The molecule has 6 atom stereocenters. The highest BCUT2D eigenvalue weighted by Gasteiger charge is 2.55. The number of aromatic amines is 1. The molecule has 0 radical (unpaired) electrons. The summed E-state index contributed by atoms with van der Waals surface area (Å²) in [4.78, 5) is 37.6. The van der Waals surface area contributed by atoms with Crippen molar-refractivity contribution in [3.8, 4) is 5.75 Å². The number of nitrogens with one attached hydrogen (secondary N) is 1. The number of para-hydroxylation sites is 1. The Kier molecular flexibility index (Phi) is 9.82. The van der Waals surface area contributed by atoms with Gasteiger partial charge in [0.05, 0.1) is 25.3 Å². The van der Waals surface area contributed by atoms with Crippen LogP contribution in [0.4, 0.5) is 0 Å². The zero-order chi connectivity index (χ0) is 27.4. The average molecular weight is 624 g/mol. The summed E-state index contributed by atoms with van der Waals surface area (Å²) in [5.41, 5.74) is -1.40. The van der Waals surface area contributed by atoms with Gasteiger partial charge in [-0.2, -0.15) is 0 Å². The summed E-state index contributed by atoms with van der Waals surface area (Å²) in [6, 6.07) is 9.51. The highest BCUT2D eigenvalue weighted by molar-refractivity contribution is 9.10. The molecule has 204 valence electrons. The summed E-state index contributed by atoms with van der Waals surface area (Å²) in [7, 11) is -3.87. The van der Waals surface area contributed by atoms with Crippen molar-refractivity contribution in [2.45, 2.75) is 43.0 Å². The van der Waals surface area contributed by atoms with E-state index in [-0.39, 0.29) is 30.6 Å². The largest absolute Gasteiger partial charge is 0.465 e. The van der Waals surface area contributed by atoms with Crippen molar-refractivity contribution in [3.63, 3.8) is 0 Å². The number of aliphatic hydroxyl groups excluding tert-OH is 1. The minimum absolute atomic E-state index is 0.00839. The topological polar surface area (TPSA) is 146 Å². The summed E-state index contributed by atoms with van der Waals surface area (Å²) >= 11 is 9.67. The molecule has 1 aromatic carbocycles. The molecule has 14 heteroatoms. The van der Waals surface area contributed by atoms with Crippen LogP contribution >= 0.6 is 35.1 Å². The van der Waals surface area contributed by atoms with E-state index in [4.69, 9.17) is 30.1 Å². The van der Waals surface area contributed by atoms with E-state index < -0.39 is 47.7 Å². The van der Waals surface area contributed by atoms with Crippen LogP contribution in [0.2, 0.25) is 0 Å². The van der Waals surface area contributed by atoms with Crippen LogP contribution in [0.1, 0.15) is 27.0 Å². The molecule has 3 rings (SSSR count). The quantitative estimate of drug-likeness (QED) is 0.219. The zero-order valence-electron chi connectivity index (χ0n) is 20.4. The first-order chi connectivity index (χ1) is 17.3. The van der Waals surface area contributed by atoms with Gasteiger partial charge in [-0.25, -0.2) is 9.36 Å². The minimum atomic E-state index is -3.87. The molecule has 1 fully saturated rings. The third-order valence-electron chi connectivity index (χ3n) is 5.42. The summed E-state index contributed by atoms with van der Waals surface area (Å²) in [6.07, 6.45) is -2.68. The number of hydrogen-bond donors (Lipinski definition) is 2. The lowest BCUT2D eigenvalue weighted by Crippen LogP contribution is -2.40. The number of carbonyl (C=O) groups is 1. The van der Waals surface area contributed by atoms with Crippen molar-refractivity contribution >= 4 is 41.1 Å². The molecule has 37 heavy (non-hydrogen) atoms. The summed E-state index contributed by atoms with van der Waals surface area (Å²) in [6.45, 7) is 4.76. The van der Waals surface area contributed by atoms with E-state index in [1.807, 2.05) is 0 Å². The van der Waals surface area contributed by atoms with Crippen LogP contribution in [-0.2, 0) is 23.4 Å². The molecule has 1 aliphatic heterocycles. The highest BCUT2D eigenvalue weighted by atomic mass is 79.9. The average Bonchev–Trinajstić information content (AvgIpc) is 3.05. The predicted molar refractivity (Wildman–Crippen MR) is 139 cm³/mol. The van der Waals surface area contributed by atoms with Crippen LogP contribution in [0.15, 0.2) is 52.2 Å². The van der Waals surface area contributed by atoms with Crippen LogP contribution in [0.3, 0.4) is 0 Å². The van der Waals surface area contributed by atoms with E-state index in [2.05, 4.69) is 20.9 Å². The summed E-state index contributed by atoms with van der Waals surface area (Å²) in [5.74, 6) is -0.773. The first-order valence-corrected chi connectivity index (χ1v) is 14.4. The first kappa shape index (κ1) is 29.6. The normalized spacial score (nSPS) is 26.0. The Morgan fingerprint density at radius 2 is 1.95 bits per heavy atom. The monoisotopic (exact) mass is 622 g/mol. The zero-order valence-corrected chi connectivity index (χ0v) is 23.6. The Labute approximate surface area is 226 Å². The van der Waals surface area contributed by atoms with Gasteiger partial charge in [0.15, 0.2) is 10.0 Å². The number of aromatic nitrogens is 2. The minimum Gasteiger partial charge on any atom is -0.465 e. The molecule has 2 N–H and O–H groups in total. The lowest BCUT2D eigenvalue weighted by molar-refractivity contribution is -0.148. The molecule has 1 aromatic heterocycles. The first-order valence-electron chi connectivity index (χ1n) is 11.5. The van der Waals surface area contributed by atoms with Gasteiger partial charge in [-0.3, -0.25) is 23.7 Å². The molecule has 0 unspecified atom stereocenters. The van der Waals surface area contributed by atoms with Crippen LogP contribution in [0.25, 0.3) is 0 Å². The number of esters is 1. The standard InChI is InChI=1S/C23H29BrClN2O9P/c1-14(2)20(30)33-11-15(3)13-37(32,36-16-7-5-4-6-8-16)34-12-17-19(29)23(24,25)21(35-17)27-10-9-18(28)26-22(27)31/h4-10,14-15,17,19,21,29H,11-13H2,1-3H3,(H,26,28,31)/t15-,17+,19+,21+,23-,37-/m0/s1. The maximum Gasteiger partial charge on any atom is 0.379 e. The van der Waals surface area contributed by atoms with Gasteiger partial charge in [0.1, 0.15) is 18.0 Å². The Bertz CT molecular complexity index is 1240. The molecular weight excluding hydrogens is 595 g/mol. The molecule has 1 saturated heterocycles. The fourth-order valence-corrected chi connectivity index (χ4v) is 6.33. The maximum absolute atomic E-state index is 13.8. The molecule has 1 aliphatic rings. The number of rotatable bonds is 11. The van der Waals surface area contributed by atoms with Gasteiger partial charge in [0, 0.05) is 18.2 Å². The molecule has 2 aromatic rings. The third-order valence-corrected chi connectivity index (χ3v) is 8.80. The number of carbonyl (C=O) groups excluding carboxylic acids is 1. The molecule has 0 saturated carbocycles. The fourth-order valence-electron chi connectivity index (χ4n) is 3.49. The van der Waals surface area contributed by atoms with Crippen molar-refractivity contribution in [1.82, 2.24) is 9.55 Å². The third kappa shape index (κ3) is 7.55. The number of halogens is 2. The summed E-state index contributed by atoms with van der Waals surface area (Å²) in [5, 5.41) is 10.8. The van der Waals surface area contributed by atoms with Gasteiger partial charge in [0.2, 0.25) is 0 Å². The molecule has 0 bridgehead atoms. The highest BCUT2D eigenvalue weighted by Crippen LogP contribution is 2.52. The van der Waals surface area contributed by atoms with Crippen molar-refractivity contribution in [1.29, 1.82) is 0 Å². The van der Waals surface area contributed by atoms with E-state index in [9.17, 15) is 24.1 Å². The number of alkyl halides is 2. The van der Waals surface area contributed by atoms with Crippen molar-refractivity contribution in [2.75, 3.05) is 19.4 Å². The second-order valence-corrected chi connectivity index (χ2v) is 13.5. The fraction of sp³-hybridized carbons (Fsp3) is 0.522. The number of aliphatic hydroxyl groups is 1. The van der Waals surface area contributed by atoms with Crippen molar-refractivity contribution < 1.29 is 33.0 Å². The predicted octanol–water partition coefficient (Wildman–Crippen LogP) is 3.25. The van der Waals surface area contributed by atoms with E-state index >= 15 is 0 Å². The number of H-pyrrole nitrogens is 1. The Hall–Kier alpha value is -1.95. The van der Waals surface area contributed by atoms with Crippen LogP contribution < -0.4 is 15.8 Å². The lowest BCUT2D eigenvalue weighted by Gasteiger charge is -2.25. The van der Waals surface area contributed by atoms with E-state index in [1.54, 1.807) is 51.1 Å². The van der Waals surface area contributed by atoms with Gasteiger partial charge in [-0.1, -0.05) is 66.5 Å². The number of hydrogen-bond acceptors (Lipinski definition) is 9. The van der Waals surface area contributed by atoms with Gasteiger partial charge < -0.3 is 19.1 Å². The number of benzene rings is 1. The second-order valence-electron chi connectivity index (χ2n) is 9.05. The molecule has 0 spiro atoms. The van der Waals surface area contributed by atoms with Crippen LogP contribution in [0, 0.1) is 11.8 Å². The van der Waals surface area contributed by atoms with Gasteiger partial charge in [-0.15, -0.1) is 0 Å². The second kappa shape index (κ2) is 12.3. The van der Waals surface area contributed by atoms with Gasteiger partial charge in [0.25, 0.3) is 5.56 Å². The Morgan fingerprint density at radius 3 is 2.57 bits per heavy atom. The SMILES string of the molecule is CC(C)C(=O)OC[C@H](C)C[P@](=O)(OC[C@H]1O[C@@H](n2ccc(=O)[nH]c2=O)[C@](Cl)(Br)[C@@H]1O)Oc1ccccc1. The smallest absolute Gasteiger partial charge is 0.379 e. The molecule has 0 amide bonds. The van der Waals surface area contributed by atoms with E-state index in [0.717, 1.165) is 10.6 Å². The van der Waals surface area contributed by atoms with E-state index in [0.29, 0.717) is 5.75 Å². The molecule has 0 aliphatic carbocycles. The van der Waals surface area contributed by atoms with Gasteiger partial charge in [-0.05, 0) is 12.1 Å². The molecule has 2 heterocycles. The van der Waals surface area contributed by atoms with Crippen LogP contribution in [-0.4, -0.2) is 56.0 Å². The van der Waals surface area contributed by atoms with Crippen LogP contribution in [0.5, 0.6) is 5.75 Å². The molecular formula is C23H29BrClN2O9P. The lowest BCUT2D eigenvalue weighted by atomic mass is 10.2. The Morgan fingerprint density at radius 1 is 1.27 bits per heavy atom. The maximum atomic E-state index is 13.8. The van der Waals surface area contributed by atoms with E-state index in [1.165, 1.54) is 6.20 Å². The Balaban J connectivity index is 1.75. The van der Waals surface area contributed by atoms with Crippen molar-refractivity contribution in [2.24, 2.45) is 11.8 Å². The number of ether oxygens (including phenoxy) is 2. The van der Waals surface area contributed by atoms with Crippen molar-refractivity contribution in [3.05, 3.63) is 63.4 Å². The molecule has 11 nitrogen and oxygen atoms in total.